The maximum absolute atomic E-state index is 11.8. The molecule has 0 radical (unpaired) electrons. The summed E-state index contributed by atoms with van der Waals surface area (Å²) in [6, 6.07) is 0. The van der Waals surface area contributed by atoms with Crippen LogP contribution in [0.25, 0.3) is 0 Å². The lowest BCUT2D eigenvalue weighted by Crippen LogP contribution is -2.25. The summed E-state index contributed by atoms with van der Waals surface area (Å²) in [5, 5.41) is 0. The molecule has 0 N–H and O–H groups in total. The summed E-state index contributed by atoms with van der Waals surface area (Å²) in [7, 11) is 0. The highest BCUT2D eigenvalue weighted by molar-refractivity contribution is 5.74. The number of allylic oxidation sites excluding steroid dienone is 3. The van der Waals surface area contributed by atoms with Crippen molar-refractivity contribution in [3.05, 3.63) is 23.5 Å². The van der Waals surface area contributed by atoms with Gasteiger partial charge in [0.25, 0.3) is 0 Å². The largest absolute Gasteiger partial charge is 0.431 e. The summed E-state index contributed by atoms with van der Waals surface area (Å²) >= 11 is 0. The number of hydrogen-bond donors (Lipinski definition) is 0. The standard InChI is InChI=1S/C15H22O2/c1-10(2)13-8-7-11(3)14(9-13)17-15(16)12-5-4-6-12/h12-13H,1,4-9H2,2-3H3/t13-/m1/s1. The molecular weight excluding hydrogens is 212 g/mol. The van der Waals surface area contributed by atoms with Gasteiger partial charge >= 0.3 is 5.97 Å². The summed E-state index contributed by atoms with van der Waals surface area (Å²) in [5.41, 5.74) is 2.45. The van der Waals surface area contributed by atoms with E-state index in [0.29, 0.717) is 5.92 Å². The predicted molar refractivity (Wildman–Crippen MR) is 68.3 cm³/mol. The van der Waals surface area contributed by atoms with Crippen LogP contribution in [0.5, 0.6) is 0 Å². The van der Waals surface area contributed by atoms with Crippen LogP contribution in [0.3, 0.4) is 0 Å². The molecule has 0 aliphatic heterocycles. The van der Waals surface area contributed by atoms with Gasteiger partial charge in [-0.25, -0.2) is 0 Å². The van der Waals surface area contributed by atoms with E-state index in [1.165, 1.54) is 17.6 Å². The molecule has 17 heavy (non-hydrogen) atoms. The first-order valence-electron chi connectivity index (χ1n) is 6.63. The minimum Gasteiger partial charge on any atom is -0.431 e. The Bertz CT molecular complexity index is 361. The minimum absolute atomic E-state index is 0.00651. The molecule has 0 aromatic rings. The zero-order valence-corrected chi connectivity index (χ0v) is 10.9. The van der Waals surface area contributed by atoms with Gasteiger partial charge in [-0.15, -0.1) is 0 Å². The van der Waals surface area contributed by atoms with E-state index in [-0.39, 0.29) is 11.9 Å². The molecule has 2 aliphatic rings. The third-order valence-electron chi connectivity index (χ3n) is 4.13. The summed E-state index contributed by atoms with van der Waals surface area (Å²) in [4.78, 5) is 11.8. The normalized spacial score (nSPS) is 25.4. The molecule has 94 valence electrons. The third kappa shape index (κ3) is 2.80. The van der Waals surface area contributed by atoms with Crippen molar-refractivity contribution in [2.75, 3.05) is 0 Å². The van der Waals surface area contributed by atoms with Gasteiger partial charge in [0.15, 0.2) is 0 Å². The first-order valence-corrected chi connectivity index (χ1v) is 6.63. The smallest absolute Gasteiger partial charge is 0.314 e. The SMILES string of the molecule is C=C(C)[C@@H]1CCC(C)=C(OC(=O)C2CCC2)C1. The molecule has 2 nitrogen and oxygen atoms in total. The maximum atomic E-state index is 11.8. The maximum Gasteiger partial charge on any atom is 0.314 e. The molecular formula is C15H22O2. The van der Waals surface area contributed by atoms with E-state index in [1.54, 1.807) is 0 Å². The highest BCUT2D eigenvalue weighted by atomic mass is 16.5. The van der Waals surface area contributed by atoms with Gasteiger partial charge in [-0.1, -0.05) is 18.6 Å². The fourth-order valence-corrected chi connectivity index (χ4v) is 2.43. The Morgan fingerprint density at radius 1 is 1.29 bits per heavy atom. The van der Waals surface area contributed by atoms with Crippen LogP contribution in [0, 0.1) is 11.8 Å². The van der Waals surface area contributed by atoms with Crippen molar-refractivity contribution in [1.29, 1.82) is 0 Å². The average Bonchev–Trinajstić information content (AvgIpc) is 2.18. The summed E-state index contributed by atoms with van der Waals surface area (Å²) in [5.74, 6) is 1.57. The molecule has 0 spiro atoms. The first-order chi connectivity index (χ1) is 8.08. The van der Waals surface area contributed by atoms with Crippen molar-refractivity contribution >= 4 is 5.97 Å². The fourth-order valence-electron chi connectivity index (χ4n) is 2.43. The fraction of sp³-hybridized carbons (Fsp3) is 0.667. The Kier molecular flexibility index (Phi) is 3.70. The lowest BCUT2D eigenvalue weighted by atomic mass is 9.84. The second kappa shape index (κ2) is 5.07. The van der Waals surface area contributed by atoms with Gasteiger partial charge in [-0.3, -0.25) is 4.79 Å². The number of esters is 1. The molecule has 2 rings (SSSR count). The van der Waals surface area contributed by atoms with Crippen LogP contribution in [0.4, 0.5) is 0 Å². The van der Waals surface area contributed by atoms with Gasteiger partial charge in [-0.05, 0) is 51.0 Å². The van der Waals surface area contributed by atoms with Gasteiger partial charge in [0.2, 0.25) is 0 Å². The number of carbonyl (C=O) groups is 1. The average molecular weight is 234 g/mol. The number of rotatable bonds is 3. The Hall–Kier alpha value is -1.05. The summed E-state index contributed by atoms with van der Waals surface area (Å²) < 4.78 is 5.59. The second-order valence-corrected chi connectivity index (χ2v) is 5.54. The zero-order chi connectivity index (χ0) is 12.4. The molecule has 0 bridgehead atoms. The van der Waals surface area contributed by atoms with Crippen molar-refractivity contribution in [3.63, 3.8) is 0 Å². The Balaban J connectivity index is 1.97. The van der Waals surface area contributed by atoms with Gasteiger partial charge < -0.3 is 4.74 Å². The Morgan fingerprint density at radius 2 is 2.00 bits per heavy atom. The van der Waals surface area contributed by atoms with Crippen molar-refractivity contribution < 1.29 is 9.53 Å². The first kappa shape index (κ1) is 12.4. The quantitative estimate of drug-likeness (QED) is 0.545. The molecule has 0 amide bonds. The van der Waals surface area contributed by atoms with Crippen LogP contribution in [-0.4, -0.2) is 5.97 Å². The van der Waals surface area contributed by atoms with E-state index in [2.05, 4.69) is 20.4 Å². The van der Waals surface area contributed by atoms with E-state index in [9.17, 15) is 4.79 Å². The third-order valence-corrected chi connectivity index (χ3v) is 4.13. The van der Waals surface area contributed by atoms with Crippen LogP contribution < -0.4 is 0 Å². The van der Waals surface area contributed by atoms with Crippen molar-refractivity contribution in [1.82, 2.24) is 0 Å². The zero-order valence-electron chi connectivity index (χ0n) is 10.9. The van der Waals surface area contributed by atoms with Crippen molar-refractivity contribution in [2.45, 2.75) is 52.4 Å². The molecule has 0 unspecified atom stereocenters. The van der Waals surface area contributed by atoms with E-state index in [4.69, 9.17) is 4.74 Å². The lowest BCUT2D eigenvalue weighted by molar-refractivity contribution is -0.147. The number of hydrogen-bond acceptors (Lipinski definition) is 2. The monoisotopic (exact) mass is 234 g/mol. The number of ether oxygens (including phenoxy) is 1. The highest BCUT2D eigenvalue weighted by Gasteiger charge is 2.29. The molecule has 1 fully saturated rings. The molecule has 0 aromatic heterocycles. The van der Waals surface area contributed by atoms with Crippen LogP contribution in [0.1, 0.15) is 52.4 Å². The molecule has 0 saturated heterocycles. The van der Waals surface area contributed by atoms with E-state index in [1.807, 2.05) is 0 Å². The lowest BCUT2D eigenvalue weighted by Gasteiger charge is -2.28. The second-order valence-electron chi connectivity index (χ2n) is 5.54. The van der Waals surface area contributed by atoms with E-state index in [0.717, 1.165) is 37.9 Å². The van der Waals surface area contributed by atoms with Crippen molar-refractivity contribution in [3.8, 4) is 0 Å². The topological polar surface area (TPSA) is 26.3 Å². The minimum atomic E-state index is -0.00651. The molecule has 2 aliphatic carbocycles. The predicted octanol–water partition coefficient (Wildman–Crippen LogP) is 3.98. The highest BCUT2D eigenvalue weighted by Crippen LogP contribution is 2.35. The molecule has 0 heterocycles. The van der Waals surface area contributed by atoms with Crippen LogP contribution in [0.2, 0.25) is 0 Å². The van der Waals surface area contributed by atoms with Crippen molar-refractivity contribution in [2.24, 2.45) is 11.8 Å². The van der Waals surface area contributed by atoms with Gasteiger partial charge in [-0.2, -0.15) is 0 Å². The summed E-state index contributed by atoms with van der Waals surface area (Å²) in [6.45, 7) is 8.16. The van der Waals surface area contributed by atoms with Gasteiger partial charge in [0.1, 0.15) is 5.76 Å². The van der Waals surface area contributed by atoms with Crippen LogP contribution in [-0.2, 0) is 9.53 Å². The van der Waals surface area contributed by atoms with Crippen LogP contribution in [0.15, 0.2) is 23.5 Å². The van der Waals surface area contributed by atoms with E-state index >= 15 is 0 Å². The molecule has 2 heteroatoms. The van der Waals surface area contributed by atoms with Gasteiger partial charge in [0.05, 0.1) is 5.92 Å². The van der Waals surface area contributed by atoms with E-state index < -0.39 is 0 Å². The van der Waals surface area contributed by atoms with Gasteiger partial charge in [0, 0.05) is 6.42 Å². The summed E-state index contributed by atoms with van der Waals surface area (Å²) in [6.07, 6.45) is 6.23. The Morgan fingerprint density at radius 3 is 2.53 bits per heavy atom. The molecule has 1 atom stereocenters. The Labute approximate surface area is 104 Å². The molecule has 0 aromatic carbocycles. The number of carbonyl (C=O) groups excluding carboxylic acids is 1. The molecule has 1 saturated carbocycles. The van der Waals surface area contributed by atoms with Crippen LogP contribution >= 0.6 is 0 Å².